The quantitative estimate of drug-likeness (QED) is 0.547. The topological polar surface area (TPSA) is 107 Å². The summed E-state index contributed by atoms with van der Waals surface area (Å²) in [5, 5.41) is 20.2. The number of aliphatic hydroxyl groups is 2. The van der Waals surface area contributed by atoms with Gasteiger partial charge in [-0.2, -0.15) is 0 Å². The van der Waals surface area contributed by atoms with Crippen LogP contribution in [0.3, 0.4) is 0 Å². The van der Waals surface area contributed by atoms with Gasteiger partial charge in [-0.1, -0.05) is 0 Å². The van der Waals surface area contributed by atoms with Crippen LogP contribution in [-0.2, 0) is 14.8 Å². The van der Waals surface area contributed by atoms with E-state index in [4.69, 9.17) is 10.2 Å². The number of hydrogen-bond acceptors (Lipinski definition) is 5. The molecule has 0 aromatic heterocycles. The van der Waals surface area contributed by atoms with Gasteiger partial charge in [0.15, 0.2) is 0 Å². The molecule has 1 unspecified atom stereocenters. The summed E-state index contributed by atoms with van der Waals surface area (Å²) in [5.41, 5.74) is 0. The lowest BCUT2D eigenvalue weighted by atomic mass is 9.98. The van der Waals surface area contributed by atoms with E-state index in [0.717, 1.165) is 6.26 Å². The average molecular weight is 280 g/mol. The second-order valence-corrected chi connectivity index (χ2v) is 6.51. The molecule has 7 nitrogen and oxygen atoms in total. The van der Waals surface area contributed by atoms with Crippen LogP contribution in [0.25, 0.3) is 0 Å². The molecule has 1 atom stereocenters. The number of amides is 1. The van der Waals surface area contributed by atoms with Gasteiger partial charge in [0, 0.05) is 13.1 Å². The molecule has 0 radical (unpaired) electrons. The largest absolute Gasteiger partial charge is 0.394 e. The standard InChI is InChI=1S/C10H20N2O5S/c1-18(16,17)12-4-2-3-8(5-12)10(15)11-9(6-13)7-14/h8-9,13-14H,2-7H2,1H3,(H,11,15). The molecular weight excluding hydrogens is 260 g/mol. The SMILES string of the molecule is CS(=O)(=O)N1CCCC(C(=O)NC(CO)CO)C1. The number of carbonyl (C=O) groups is 1. The summed E-state index contributed by atoms with van der Waals surface area (Å²) in [6.07, 6.45) is 2.37. The minimum Gasteiger partial charge on any atom is -0.394 e. The van der Waals surface area contributed by atoms with Crippen molar-refractivity contribution in [1.82, 2.24) is 9.62 Å². The number of aliphatic hydroxyl groups excluding tert-OH is 2. The summed E-state index contributed by atoms with van der Waals surface area (Å²) in [6.45, 7) is -0.0875. The van der Waals surface area contributed by atoms with Crippen LogP contribution in [0.5, 0.6) is 0 Å². The fourth-order valence-corrected chi connectivity index (χ4v) is 2.84. The lowest BCUT2D eigenvalue weighted by molar-refractivity contribution is -0.127. The first-order chi connectivity index (χ1) is 8.38. The van der Waals surface area contributed by atoms with Crippen molar-refractivity contribution in [2.75, 3.05) is 32.6 Å². The van der Waals surface area contributed by atoms with Gasteiger partial charge < -0.3 is 15.5 Å². The Hall–Kier alpha value is -0.700. The summed E-state index contributed by atoms with van der Waals surface area (Å²) in [5.74, 6) is -0.745. The van der Waals surface area contributed by atoms with E-state index in [2.05, 4.69) is 5.32 Å². The predicted octanol–water partition coefficient (Wildman–Crippen LogP) is -1.87. The van der Waals surface area contributed by atoms with E-state index in [-0.39, 0.29) is 25.7 Å². The van der Waals surface area contributed by atoms with Gasteiger partial charge in [-0.05, 0) is 12.8 Å². The van der Waals surface area contributed by atoms with Crippen LogP contribution in [0.15, 0.2) is 0 Å². The maximum Gasteiger partial charge on any atom is 0.224 e. The van der Waals surface area contributed by atoms with Gasteiger partial charge in [-0.15, -0.1) is 0 Å². The van der Waals surface area contributed by atoms with E-state index in [1.807, 2.05) is 0 Å². The first-order valence-electron chi connectivity index (χ1n) is 5.85. The summed E-state index contributed by atoms with van der Waals surface area (Å²) in [4.78, 5) is 11.8. The molecule has 0 saturated carbocycles. The molecule has 106 valence electrons. The number of sulfonamides is 1. The lowest BCUT2D eigenvalue weighted by Gasteiger charge is -2.30. The highest BCUT2D eigenvalue weighted by atomic mass is 32.2. The molecule has 3 N–H and O–H groups in total. The van der Waals surface area contributed by atoms with Gasteiger partial charge >= 0.3 is 0 Å². The van der Waals surface area contributed by atoms with Crippen LogP contribution in [0.4, 0.5) is 0 Å². The van der Waals surface area contributed by atoms with E-state index in [0.29, 0.717) is 19.4 Å². The fourth-order valence-electron chi connectivity index (χ4n) is 1.93. The molecule has 0 aromatic carbocycles. The molecule has 0 bridgehead atoms. The molecule has 0 spiro atoms. The minimum absolute atomic E-state index is 0.161. The van der Waals surface area contributed by atoms with Crippen LogP contribution < -0.4 is 5.32 Å². The Morgan fingerprint density at radius 2 is 2.06 bits per heavy atom. The highest BCUT2D eigenvalue weighted by molar-refractivity contribution is 7.88. The molecule has 1 saturated heterocycles. The summed E-state index contributed by atoms with van der Waals surface area (Å²) < 4.78 is 24.1. The highest BCUT2D eigenvalue weighted by Crippen LogP contribution is 2.18. The molecule has 0 aliphatic carbocycles. The molecule has 0 aromatic rings. The Morgan fingerprint density at radius 1 is 1.44 bits per heavy atom. The van der Waals surface area contributed by atoms with Crippen LogP contribution >= 0.6 is 0 Å². The smallest absolute Gasteiger partial charge is 0.224 e. The zero-order valence-corrected chi connectivity index (χ0v) is 11.2. The lowest BCUT2D eigenvalue weighted by Crippen LogP contribution is -2.49. The fraction of sp³-hybridized carbons (Fsp3) is 0.900. The third-order valence-corrected chi connectivity index (χ3v) is 4.28. The van der Waals surface area contributed by atoms with Crippen molar-refractivity contribution in [3.63, 3.8) is 0 Å². The Bertz CT molecular complexity index is 380. The Morgan fingerprint density at radius 3 is 2.56 bits per heavy atom. The molecular formula is C10H20N2O5S. The normalized spacial score (nSPS) is 22.1. The summed E-state index contributed by atoms with van der Waals surface area (Å²) >= 11 is 0. The van der Waals surface area contributed by atoms with Gasteiger partial charge in [-0.3, -0.25) is 4.79 Å². The Balaban J connectivity index is 2.58. The summed E-state index contributed by atoms with van der Waals surface area (Å²) in [6, 6.07) is -0.689. The number of nitrogens with one attached hydrogen (secondary N) is 1. The number of nitrogens with zero attached hydrogens (tertiary/aromatic N) is 1. The van der Waals surface area contributed by atoms with Crippen LogP contribution in [0.2, 0.25) is 0 Å². The van der Waals surface area contributed by atoms with E-state index in [9.17, 15) is 13.2 Å². The van der Waals surface area contributed by atoms with Crippen molar-refractivity contribution in [2.24, 2.45) is 5.92 Å². The van der Waals surface area contributed by atoms with Gasteiger partial charge in [0.05, 0.1) is 31.4 Å². The molecule has 1 heterocycles. The highest BCUT2D eigenvalue weighted by Gasteiger charge is 2.30. The van der Waals surface area contributed by atoms with Crippen molar-refractivity contribution in [3.05, 3.63) is 0 Å². The first-order valence-corrected chi connectivity index (χ1v) is 7.70. The number of piperidine rings is 1. The van der Waals surface area contributed by atoms with Gasteiger partial charge in [0.2, 0.25) is 15.9 Å². The zero-order chi connectivity index (χ0) is 13.8. The molecule has 8 heteroatoms. The third kappa shape index (κ3) is 4.20. The third-order valence-electron chi connectivity index (χ3n) is 3.01. The van der Waals surface area contributed by atoms with E-state index in [1.165, 1.54) is 4.31 Å². The van der Waals surface area contributed by atoms with Gasteiger partial charge in [0.25, 0.3) is 0 Å². The number of rotatable bonds is 5. The molecule has 1 aliphatic heterocycles. The number of hydrogen-bond donors (Lipinski definition) is 3. The molecule has 1 fully saturated rings. The Kier molecular flexibility index (Phi) is 5.51. The maximum atomic E-state index is 11.8. The van der Waals surface area contributed by atoms with Crippen molar-refractivity contribution in [3.8, 4) is 0 Å². The van der Waals surface area contributed by atoms with Gasteiger partial charge in [0.1, 0.15) is 0 Å². The second-order valence-electron chi connectivity index (χ2n) is 4.53. The molecule has 1 amide bonds. The van der Waals surface area contributed by atoms with E-state index in [1.54, 1.807) is 0 Å². The maximum absolute atomic E-state index is 11.8. The monoisotopic (exact) mass is 280 g/mol. The minimum atomic E-state index is -3.28. The van der Waals surface area contributed by atoms with Gasteiger partial charge in [-0.25, -0.2) is 12.7 Å². The first kappa shape index (κ1) is 15.4. The van der Waals surface area contributed by atoms with Crippen LogP contribution in [0, 0.1) is 5.92 Å². The predicted molar refractivity (Wildman–Crippen MR) is 65.2 cm³/mol. The van der Waals surface area contributed by atoms with Crippen molar-refractivity contribution in [1.29, 1.82) is 0 Å². The van der Waals surface area contributed by atoms with Crippen molar-refractivity contribution >= 4 is 15.9 Å². The number of carbonyl (C=O) groups excluding carboxylic acids is 1. The van der Waals surface area contributed by atoms with E-state index < -0.39 is 22.0 Å². The molecule has 1 rings (SSSR count). The molecule has 18 heavy (non-hydrogen) atoms. The van der Waals surface area contributed by atoms with Crippen LogP contribution in [-0.4, -0.2) is 67.4 Å². The van der Waals surface area contributed by atoms with Crippen molar-refractivity contribution in [2.45, 2.75) is 18.9 Å². The zero-order valence-electron chi connectivity index (χ0n) is 10.4. The van der Waals surface area contributed by atoms with Crippen molar-refractivity contribution < 1.29 is 23.4 Å². The second kappa shape index (κ2) is 6.46. The average Bonchev–Trinajstić information content (AvgIpc) is 2.34. The Labute approximate surface area is 107 Å². The molecule has 1 aliphatic rings. The van der Waals surface area contributed by atoms with Crippen LogP contribution in [0.1, 0.15) is 12.8 Å². The summed E-state index contributed by atoms with van der Waals surface area (Å²) in [7, 11) is -3.28. The van der Waals surface area contributed by atoms with E-state index >= 15 is 0 Å².